The lowest BCUT2D eigenvalue weighted by Crippen LogP contribution is -2.59. The first kappa shape index (κ1) is 11.9. The van der Waals surface area contributed by atoms with Crippen LogP contribution in [0.2, 0.25) is 0 Å². The highest BCUT2D eigenvalue weighted by molar-refractivity contribution is 7.89. The summed E-state index contributed by atoms with van der Waals surface area (Å²) >= 11 is 0. The summed E-state index contributed by atoms with van der Waals surface area (Å²) in [7, 11) is -3.42. The van der Waals surface area contributed by atoms with E-state index in [0.717, 1.165) is 37.0 Å². The summed E-state index contributed by atoms with van der Waals surface area (Å²) in [6.45, 7) is 0. The minimum Gasteiger partial charge on any atom is -0.284 e. The van der Waals surface area contributed by atoms with Gasteiger partial charge in [0.05, 0.1) is 6.20 Å². The highest BCUT2D eigenvalue weighted by Crippen LogP contribution is 2.55. The predicted molar refractivity (Wildman–Crippen MR) is 69.8 cm³/mol. The molecule has 1 aromatic heterocycles. The van der Waals surface area contributed by atoms with Gasteiger partial charge in [-0.05, 0) is 56.3 Å². The van der Waals surface area contributed by atoms with Crippen molar-refractivity contribution in [2.45, 2.75) is 49.0 Å². The minimum atomic E-state index is -3.42. The Morgan fingerprint density at radius 1 is 1.16 bits per heavy atom. The summed E-state index contributed by atoms with van der Waals surface area (Å²) in [6, 6.07) is 0. The van der Waals surface area contributed by atoms with Gasteiger partial charge in [0.25, 0.3) is 0 Å². The monoisotopic (exact) mass is 281 g/mol. The topological polar surface area (TPSA) is 74.8 Å². The van der Waals surface area contributed by atoms with E-state index in [1.807, 2.05) is 0 Å². The molecule has 4 aliphatic rings. The van der Waals surface area contributed by atoms with E-state index in [2.05, 4.69) is 14.9 Å². The molecule has 5 rings (SSSR count). The summed E-state index contributed by atoms with van der Waals surface area (Å²) in [6.07, 6.45) is 9.83. The fraction of sp³-hybridized carbons (Fsp3) is 0.769. The number of rotatable bonds is 3. The highest BCUT2D eigenvalue weighted by atomic mass is 32.2. The maximum absolute atomic E-state index is 12.4. The molecule has 4 saturated carbocycles. The standard InChI is InChI=1S/C13H19N3O2S/c17-19(18,12-7-14-15-8-12)16-13-4-9-1-10(5-13)3-11(2-9)6-13/h7-11,16H,1-6H2,(H,14,15). The van der Waals surface area contributed by atoms with E-state index in [1.54, 1.807) is 0 Å². The third-order valence-corrected chi connectivity index (χ3v) is 6.72. The molecule has 2 N–H and O–H groups in total. The van der Waals surface area contributed by atoms with Crippen molar-refractivity contribution in [3.05, 3.63) is 12.4 Å². The zero-order chi connectivity index (χ0) is 13.1. The van der Waals surface area contributed by atoms with Crippen LogP contribution >= 0.6 is 0 Å². The molecular weight excluding hydrogens is 262 g/mol. The zero-order valence-electron chi connectivity index (χ0n) is 10.8. The number of sulfonamides is 1. The maximum atomic E-state index is 12.4. The van der Waals surface area contributed by atoms with Crippen molar-refractivity contribution in [2.75, 3.05) is 0 Å². The molecule has 1 heterocycles. The molecule has 6 heteroatoms. The Morgan fingerprint density at radius 3 is 2.21 bits per heavy atom. The van der Waals surface area contributed by atoms with Crippen molar-refractivity contribution in [1.29, 1.82) is 0 Å². The van der Waals surface area contributed by atoms with Gasteiger partial charge in [0.2, 0.25) is 10.0 Å². The summed E-state index contributed by atoms with van der Waals surface area (Å²) in [5.41, 5.74) is -0.176. The van der Waals surface area contributed by atoms with Gasteiger partial charge in [0, 0.05) is 11.7 Å². The Kier molecular flexibility index (Phi) is 2.39. The molecular formula is C13H19N3O2S. The lowest BCUT2D eigenvalue weighted by Gasteiger charge is -2.56. The molecule has 0 atom stereocenters. The molecule has 0 radical (unpaired) electrons. The third kappa shape index (κ3) is 1.92. The Labute approximate surface area is 113 Å². The van der Waals surface area contributed by atoms with Gasteiger partial charge in [-0.1, -0.05) is 0 Å². The fourth-order valence-corrected chi connectivity index (χ4v) is 6.30. The first-order chi connectivity index (χ1) is 9.05. The van der Waals surface area contributed by atoms with Crippen LogP contribution in [0.3, 0.4) is 0 Å². The Balaban J connectivity index is 1.63. The number of aromatic nitrogens is 2. The van der Waals surface area contributed by atoms with Gasteiger partial charge in [-0.15, -0.1) is 0 Å². The van der Waals surface area contributed by atoms with E-state index in [4.69, 9.17) is 0 Å². The molecule has 4 aliphatic carbocycles. The molecule has 0 aromatic carbocycles. The number of nitrogens with one attached hydrogen (secondary N) is 2. The summed E-state index contributed by atoms with van der Waals surface area (Å²) in [4.78, 5) is 0.253. The van der Waals surface area contributed by atoms with Crippen LogP contribution in [0.4, 0.5) is 0 Å². The lowest BCUT2D eigenvalue weighted by molar-refractivity contribution is -0.00810. The Bertz CT molecular complexity index is 544. The van der Waals surface area contributed by atoms with E-state index in [0.29, 0.717) is 0 Å². The molecule has 4 fully saturated rings. The molecule has 0 amide bonds. The average molecular weight is 281 g/mol. The van der Waals surface area contributed by atoms with E-state index >= 15 is 0 Å². The van der Waals surface area contributed by atoms with Crippen molar-refractivity contribution in [3.8, 4) is 0 Å². The maximum Gasteiger partial charge on any atom is 0.244 e. The van der Waals surface area contributed by atoms with Crippen molar-refractivity contribution < 1.29 is 8.42 Å². The second kappa shape index (κ2) is 3.82. The predicted octanol–water partition coefficient (Wildman–Crippen LogP) is 1.66. The van der Waals surface area contributed by atoms with Crippen LogP contribution in [0.15, 0.2) is 17.3 Å². The molecule has 5 nitrogen and oxygen atoms in total. The molecule has 0 spiro atoms. The third-order valence-electron chi connectivity index (χ3n) is 5.17. The quantitative estimate of drug-likeness (QED) is 0.884. The average Bonchev–Trinajstić information content (AvgIpc) is 2.78. The SMILES string of the molecule is O=S(=O)(NC12CC3CC(CC(C3)C1)C2)c1cn[nH]c1. The summed E-state index contributed by atoms with van der Waals surface area (Å²) < 4.78 is 27.8. The van der Waals surface area contributed by atoms with E-state index < -0.39 is 10.0 Å². The van der Waals surface area contributed by atoms with Gasteiger partial charge in [-0.2, -0.15) is 5.10 Å². The summed E-state index contributed by atoms with van der Waals surface area (Å²) in [5.74, 6) is 2.20. The van der Waals surface area contributed by atoms with Crippen molar-refractivity contribution in [2.24, 2.45) is 17.8 Å². The first-order valence-electron chi connectivity index (χ1n) is 7.07. The highest BCUT2D eigenvalue weighted by Gasteiger charge is 2.52. The van der Waals surface area contributed by atoms with Crippen molar-refractivity contribution in [3.63, 3.8) is 0 Å². The lowest BCUT2D eigenvalue weighted by atomic mass is 9.53. The second-order valence-electron chi connectivity index (χ2n) is 6.74. The molecule has 104 valence electrons. The largest absolute Gasteiger partial charge is 0.284 e. The first-order valence-corrected chi connectivity index (χ1v) is 8.56. The minimum absolute atomic E-state index is 0.176. The van der Waals surface area contributed by atoms with Crippen LogP contribution in [0.5, 0.6) is 0 Å². The van der Waals surface area contributed by atoms with Gasteiger partial charge in [0.15, 0.2) is 0 Å². The second-order valence-corrected chi connectivity index (χ2v) is 8.42. The number of hydrogen-bond acceptors (Lipinski definition) is 3. The summed E-state index contributed by atoms with van der Waals surface area (Å²) in [5, 5.41) is 6.31. The normalized spacial score (nSPS) is 40.7. The van der Waals surface area contributed by atoms with E-state index in [1.165, 1.54) is 31.7 Å². The molecule has 1 aromatic rings. The van der Waals surface area contributed by atoms with E-state index in [9.17, 15) is 8.42 Å². The number of aromatic amines is 1. The van der Waals surface area contributed by atoms with Gasteiger partial charge in [-0.25, -0.2) is 13.1 Å². The number of hydrogen-bond donors (Lipinski definition) is 2. The van der Waals surface area contributed by atoms with Crippen LogP contribution < -0.4 is 4.72 Å². The van der Waals surface area contributed by atoms with E-state index in [-0.39, 0.29) is 10.4 Å². The van der Waals surface area contributed by atoms with Gasteiger partial charge in [0.1, 0.15) is 4.90 Å². The van der Waals surface area contributed by atoms with Crippen LogP contribution in [0, 0.1) is 17.8 Å². The van der Waals surface area contributed by atoms with Crippen molar-refractivity contribution >= 4 is 10.0 Å². The van der Waals surface area contributed by atoms with Crippen LogP contribution in [0.1, 0.15) is 38.5 Å². The molecule has 0 aliphatic heterocycles. The molecule has 19 heavy (non-hydrogen) atoms. The Hall–Kier alpha value is -0.880. The number of nitrogens with zero attached hydrogens (tertiary/aromatic N) is 1. The van der Waals surface area contributed by atoms with Gasteiger partial charge in [-0.3, -0.25) is 5.10 Å². The number of H-pyrrole nitrogens is 1. The van der Waals surface area contributed by atoms with Gasteiger partial charge < -0.3 is 0 Å². The van der Waals surface area contributed by atoms with Crippen molar-refractivity contribution in [1.82, 2.24) is 14.9 Å². The molecule has 0 saturated heterocycles. The zero-order valence-corrected chi connectivity index (χ0v) is 11.6. The molecule has 4 bridgehead atoms. The molecule has 0 unspecified atom stereocenters. The fourth-order valence-electron chi connectivity index (χ4n) is 4.97. The van der Waals surface area contributed by atoms with Crippen LogP contribution in [-0.4, -0.2) is 24.2 Å². The van der Waals surface area contributed by atoms with Crippen LogP contribution in [0.25, 0.3) is 0 Å². The van der Waals surface area contributed by atoms with Gasteiger partial charge >= 0.3 is 0 Å². The Morgan fingerprint density at radius 2 is 1.74 bits per heavy atom. The van der Waals surface area contributed by atoms with Crippen LogP contribution in [-0.2, 0) is 10.0 Å². The smallest absolute Gasteiger partial charge is 0.244 e.